The molecule has 0 unspecified atom stereocenters. The highest BCUT2D eigenvalue weighted by atomic mass is 35.5. The van der Waals surface area contributed by atoms with Crippen molar-refractivity contribution in [2.45, 2.75) is 26.7 Å². The highest BCUT2D eigenvalue weighted by Crippen LogP contribution is 2.34. The van der Waals surface area contributed by atoms with Gasteiger partial charge in [0.25, 0.3) is 0 Å². The number of aromatic nitrogens is 2. The van der Waals surface area contributed by atoms with E-state index in [0.29, 0.717) is 22.3 Å². The molecule has 2 N–H and O–H groups in total. The Hall–Kier alpha value is -3.19. The minimum absolute atomic E-state index is 0.0845. The predicted octanol–water partition coefficient (Wildman–Crippen LogP) is 5.96. The SMILES string of the molecule is Cc1ccc(Nc2ncnc(Nc3ccc(C(C)C)cc3)c2[N+](=O)[O-])cc1Cl. The fraction of sp³-hybridized carbons (Fsp3) is 0.200. The van der Waals surface area contributed by atoms with Crippen LogP contribution in [-0.2, 0) is 0 Å². The van der Waals surface area contributed by atoms with Crippen LogP contribution in [0.1, 0.15) is 30.9 Å². The van der Waals surface area contributed by atoms with Crippen LogP contribution in [0.3, 0.4) is 0 Å². The lowest BCUT2D eigenvalue weighted by atomic mass is 10.0. The first-order valence-electron chi connectivity index (χ1n) is 8.74. The minimum Gasteiger partial charge on any atom is -0.334 e. The standard InChI is InChI=1S/C20H20ClN5O2/c1-12(2)14-5-8-15(9-6-14)24-19-18(26(27)28)20(23-11-22-19)25-16-7-4-13(3)17(21)10-16/h4-12H,1-3H3,(H2,22,23,24,25). The Bertz CT molecular complexity index is 1010. The third-order valence-corrected chi connectivity index (χ3v) is 4.69. The number of hydrogen-bond acceptors (Lipinski definition) is 6. The van der Waals surface area contributed by atoms with E-state index in [1.54, 1.807) is 12.1 Å². The molecule has 2 aromatic carbocycles. The Morgan fingerprint density at radius 3 is 2.11 bits per heavy atom. The van der Waals surface area contributed by atoms with E-state index in [1.807, 2.05) is 37.3 Å². The molecule has 3 aromatic rings. The summed E-state index contributed by atoms with van der Waals surface area (Å²) in [4.78, 5) is 19.3. The Morgan fingerprint density at radius 2 is 1.57 bits per heavy atom. The van der Waals surface area contributed by atoms with Crippen LogP contribution in [0.15, 0.2) is 48.8 Å². The van der Waals surface area contributed by atoms with E-state index in [2.05, 4.69) is 34.4 Å². The second-order valence-electron chi connectivity index (χ2n) is 6.67. The van der Waals surface area contributed by atoms with Gasteiger partial charge in [0.2, 0.25) is 11.6 Å². The number of nitrogens with one attached hydrogen (secondary N) is 2. The molecule has 0 aliphatic carbocycles. The molecule has 0 aliphatic rings. The van der Waals surface area contributed by atoms with Crippen LogP contribution in [0.4, 0.5) is 28.7 Å². The normalized spacial score (nSPS) is 10.8. The third-order valence-electron chi connectivity index (χ3n) is 4.28. The molecule has 0 radical (unpaired) electrons. The minimum atomic E-state index is -0.511. The zero-order chi connectivity index (χ0) is 20.3. The molecule has 0 atom stereocenters. The molecular formula is C20H20ClN5O2. The van der Waals surface area contributed by atoms with E-state index in [-0.39, 0.29) is 17.3 Å². The van der Waals surface area contributed by atoms with Crippen molar-refractivity contribution in [2.24, 2.45) is 0 Å². The monoisotopic (exact) mass is 397 g/mol. The lowest BCUT2D eigenvalue weighted by Gasteiger charge is -2.11. The van der Waals surface area contributed by atoms with Gasteiger partial charge in [-0.2, -0.15) is 0 Å². The summed E-state index contributed by atoms with van der Waals surface area (Å²) in [6, 6.07) is 13.0. The molecule has 0 saturated carbocycles. The van der Waals surface area contributed by atoms with Gasteiger partial charge < -0.3 is 10.6 Å². The first kappa shape index (κ1) is 19.6. The number of aryl methyl sites for hydroxylation is 1. The molecule has 0 bridgehead atoms. The van der Waals surface area contributed by atoms with Crippen molar-refractivity contribution in [3.63, 3.8) is 0 Å². The summed E-state index contributed by atoms with van der Waals surface area (Å²) in [6.45, 7) is 6.09. The molecular weight excluding hydrogens is 378 g/mol. The van der Waals surface area contributed by atoms with Gasteiger partial charge >= 0.3 is 5.69 Å². The van der Waals surface area contributed by atoms with Crippen LogP contribution >= 0.6 is 11.6 Å². The largest absolute Gasteiger partial charge is 0.353 e. The second kappa shape index (κ2) is 8.22. The average Bonchev–Trinajstić information content (AvgIpc) is 2.65. The summed E-state index contributed by atoms with van der Waals surface area (Å²) in [5.74, 6) is 0.596. The summed E-state index contributed by atoms with van der Waals surface area (Å²) in [7, 11) is 0. The number of rotatable bonds is 6. The fourth-order valence-corrected chi connectivity index (χ4v) is 2.81. The summed E-state index contributed by atoms with van der Waals surface area (Å²) in [5.41, 5.74) is 3.16. The highest BCUT2D eigenvalue weighted by Gasteiger charge is 2.23. The van der Waals surface area contributed by atoms with Gasteiger partial charge in [-0.3, -0.25) is 10.1 Å². The molecule has 0 saturated heterocycles. The van der Waals surface area contributed by atoms with Gasteiger partial charge in [0.05, 0.1) is 4.92 Å². The van der Waals surface area contributed by atoms with Crippen LogP contribution in [0.2, 0.25) is 5.02 Å². The maximum atomic E-state index is 11.7. The Balaban J connectivity index is 1.92. The van der Waals surface area contributed by atoms with E-state index < -0.39 is 4.92 Å². The highest BCUT2D eigenvalue weighted by molar-refractivity contribution is 6.31. The zero-order valence-corrected chi connectivity index (χ0v) is 16.5. The molecule has 8 heteroatoms. The number of halogens is 1. The van der Waals surface area contributed by atoms with Gasteiger partial charge in [-0.15, -0.1) is 0 Å². The molecule has 1 aromatic heterocycles. The van der Waals surface area contributed by atoms with E-state index >= 15 is 0 Å². The third kappa shape index (κ3) is 4.37. The van der Waals surface area contributed by atoms with Gasteiger partial charge in [-0.25, -0.2) is 9.97 Å². The predicted molar refractivity (Wildman–Crippen MR) is 112 cm³/mol. The van der Waals surface area contributed by atoms with E-state index in [4.69, 9.17) is 11.6 Å². The summed E-state index contributed by atoms with van der Waals surface area (Å²) >= 11 is 6.14. The van der Waals surface area contributed by atoms with Gasteiger partial charge in [0.1, 0.15) is 6.33 Å². The maximum absolute atomic E-state index is 11.7. The van der Waals surface area contributed by atoms with Crippen molar-refractivity contribution < 1.29 is 4.92 Å². The van der Waals surface area contributed by atoms with Gasteiger partial charge in [0, 0.05) is 16.4 Å². The Morgan fingerprint density at radius 1 is 1.00 bits per heavy atom. The average molecular weight is 398 g/mol. The number of benzene rings is 2. The van der Waals surface area contributed by atoms with Crippen LogP contribution in [0, 0.1) is 17.0 Å². The van der Waals surface area contributed by atoms with Gasteiger partial charge in [-0.05, 0) is 48.2 Å². The quantitative estimate of drug-likeness (QED) is 0.394. The van der Waals surface area contributed by atoms with Gasteiger partial charge in [-0.1, -0.05) is 43.6 Å². The van der Waals surface area contributed by atoms with Gasteiger partial charge in [0.15, 0.2) is 0 Å². The number of hydrogen-bond donors (Lipinski definition) is 2. The molecule has 0 amide bonds. The molecule has 7 nitrogen and oxygen atoms in total. The topological polar surface area (TPSA) is 93.0 Å². The van der Waals surface area contributed by atoms with E-state index in [0.717, 1.165) is 5.56 Å². The maximum Gasteiger partial charge on any atom is 0.353 e. The molecule has 3 rings (SSSR count). The molecule has 144 valence electrons. The molecule has 1 heterocycles. The zero-order valence-electron chi connectivity index (χ0n) is 15.7. The molecule has 0 aliphatic heterocycles. The molecule has 28 heavy (non-hydrogen) atoms. The number of anilines is 4. The lowest BCUT2D eigenvalue weighted by Crippen LogP contribution is -2.05. The Kier molecular flexibility index (Phi) is 5.75. The van der Waals surface area contributed by atoms with E-state index in [1.165, 1.54) is 11.9 Å². The van der Waals surface area contributed by atoms with Crippen molar-refractivity contribution in [2.75, 3.05) is 10.6 Å². The van der Waals surface area contributed by atoms with Crippen molar-refractivity contribution in [3.05, 3.63) is 75.1 Å². The molecule has 0 fully saturated rings. The summed E-state index contributed by atoms with van der Waals surface area (Å²) in [5, 5.41) is 18.2. The summed E-state index contributed by atoms with van der Waals surface area (Å²) < 4.78 is 0. The summed E-state index contributed by atoms with van der Waals surface area (Å²) in [6.07, 6.45) is 1.27. The first-order chi connectivity index (χ1) is 13.3. The van der Waals surface area contributed by atoms with Crippen LogP contribution < -0.4 is 10.6 Å². The van der Waals surface area contributed by atoms with Crippen LogP contribution in [-0.4, -0.2) is 14.9 Å². The number of nitro groups is 1. The molecule has 0 spiro atoms. The first-order valence-corrected chi connectivity index (χ1v) is 9.12. The van der Waals surface area contributed by atoms with Crippen molar-refractivity contribution in [1.29, 1.82) is 0 Å². The van der Waals surface area contributed by atoms with Crippen molar-refractivity contribution in [3.8, 4) is 0 Å². The Labute approximate surface area is 168 Å². The van der Waals surface area contributed by atoms with Crippen molar-refractivity contribution in [1.82, 2.24) is 9.97 Å². The van der Waals surface area contributed by atoms with Crippen LogP contribution in [0.5, 0.6) is 0 Å². The fourth-order valence-electron chi connectivity index (χ4n) is 2.63. The van der Waals surface area contributed by atoms with E-state index in [9.17, 15) is 10.1 Å². The van der Waals surface area contributed by atoms with Crippen LogP contribution in [0.25, 0.3) is 0 Å². The smallest absolute Gasteiger partial charge is 0.334 e. The van der Waals surface area contributed by atoms with Crippen molar-refractivity contribution >= 4 is 40.3 Å². The number of nitrogens with zero attached hydrogens (tertiary/aromatic N) is 3. The lowest BCUT2D eigenvalue weighted by molar-refractivity contribution is -0.383. The second-order valence-corrected chi connectivity index (χ2v) is 7.07.